The van der Waals surface area contributed by atoms with Gasteiger partial charge in [-0.25, -0.2) is 0 Å². The molecule has 1 aromatic rings. The summed E-state index contributed by atoms with van der Waals surface area (Å²) in [5.74, 6) is -0.708. The van der Waals surface area contributed by atoms with Gasteiger partial charge in [-0.1, -0.05) is 17.7 Å². The zero-order valence-electron chi connectivity index (χ0n) is 11.8. The van der Waals surface area contributed by atoms with Crippen molar-refractivity contribution in [3.8, 4) is 0 Å². The summed E-state index contributed by atoms with van der Waals surface area (Å²) in [5, 5.41) is 5.68. The molecule has 104 valence electrons. The fourth-order valence-electron chi connectivity index (χ4n) is 1.57. The van der Waals surface area contributed by atoms with Crippen LogP contribution in [0.1, 0.15) is 26.3 Å². The predicted octanol–water partition coefficient (Wildman–Crippen LogP) is 1.18. The number of carbonyl (C=O) groups excluding carboxylic acids is 2. The van der Waals surface area contributed by atoms with Crippen LogP contribution in [0, 0.1) is 6.92 Å². The van der Waals surface area contributed by atoms with E-state index in [9.17, 15) is 9.59 Å². The van der Waals surface area contributed by atoms with Crippen LogP contribution >= 0.6 is 0 Å². The molecule has 0 fully saturated rings. The van der Waals surface area contributed by atoms with Gasteiger partial charge in [0.1, 0.15) is 0 Å². The average molecular weight is 263 g/mol. The molecule has 0 heterocycles. The molecule has 0 aliphatic rings. The number of hydrogen-bond acceptors (Lipinski definition) is 3. The molecular formula is C14H21N3O2. The smallest absolute Gasteiger partial charge is 0.241 e. The maximum Gasteiger partial charge on any atom is 0.241 e. The monoisotopic (exact) mass is 263 g/mol. The van der Waals surface area contributed by atoms with Gasteiger partial charge in [0.2, 0.25) is 11.8 Å². The lowest BCUT2D eigenvalue weighted by Gasteiger charge is -2.26. The summed E-state index contributed by atoms with van der Waals surface area (Å²) in [7, 11) is 0. The third kappa shape index (κ3) is 4.37. The average Bonchev–Trinajstić information content (AvgIpc) is 2.31. The van der Waals surface area contributed by atoms with Gasteiger partial charge in [-0.3, -0.25) is 14.9 Å². The zero-order valence-corrected chi connectivity index (χ0v) is 11.8. The number of nitrogens with one attached hydrogen (secondary N) is 2. The van der Waals surface area contributed by atoms with Crippen molar-refractivity contribution in [3.05, 3.63) is 29.8 Å². The van der Waals surface area contributed by atoms with Crippen LogP contribution in [-0.2, 0) is 9.59 Å². The molecule has 0 aliphatic carbocycles. The van der Waals surface area contributed by atoms with Crippen LogP contribution in [0.25, 0.3) is 0 Å². The molecule has 1 rings (SSSR count). The second kappa shape index (κ2) is 5.84. The highest BCUT2D eigenvalue weighted by molar-refractivity contribution is 5.95. The van der Waals surface area contributed by atoms with Crippen LogP contribution < -0.4 is 16.4 Å². The van der Waals surface area contributed by atoms with E-state index in [0.717, 1.165) is 11.3 Å². The molecule has 2 amide bonds. The van der Waals surface area contributed by atoms with E-state index in [-0.39, 0.29) is 5.91 Å². The summed E-state index contributed by atoms with van der Waals surface area (Å²) in [6.07, 6.45) is 0. The molecule has 4 N–H and O–H groups in total. The number of amides is 2. The SMILES string of the molecule is Cc1ccc(NC(=O)C(C)NC(C)(C)C(N)=O)cc1. The fourth-order valence-corrected chi connectivity index (χ4v) is 1.57. The molecule has 19 heavy (non-hydrogen) atoms. The normalized spacial score (nSPS) is 12.8. The lowest BCUT2D eigenvalue weighted by Crippen LogP contribution is -2.56. The van der Waals surface area contributed by atoms with E-state index in [1.807, 2.05) is 31.2 Å². The van der Waals surface area contributed by atoms with Crippen molar-refractivity contribution in [1.29, 1.82) is 0 Å². The summed E-state index contributed by atoms with van der Waals surface area (Å²) >= 11 is 0. The summed E-state index contributed by atoms with van der Waals surface area (Å²) < 4.78 is 0. The second-order valence-electron chi connectivity index (χ2n) is 5.21. The van der Waals surface area contributed by atoms with E-state index in [1.165, 1.54) is 0 Å². The number of hydrogen-bond donors (Lipinski definition) is 3. The third-order valence-electron chi connectivity index (χ3n) is 2.91. The lowest BCUT2D eigenvalue weighted by atomic mass is 10.0. The van der Waals surface area contributed by atoms with E-state index in [4.69, 9.17) is 5.73 Å². The van der Waals surface area contributed by atoms with Crippen LogP contribution in [-0.4, -0.2) is 23.4 Å². The van der Waals surface area contributed by atoms with Crippen molar-refractivity contribution in [2.24, 2.45) is 5.73 Å². The molecule has 0 bridgehead atoms. The highest BCUT2D eigenvalue weighted by Gasteiger charge is 2.28. The Hall–Kier alpha value is -1.88. The topological polar surface area (TPSA) is 84.2 Å². The molecule has 5 heteroatoms. The Bertz CT molecular complexity index is 466. The largest absolute Gasteiger partial charge is 0.368 e. The summed E-state index contributed by atoms with van der Waals surface area (Å²) in [4.78, 5) is 23.2. The minimum atomic E-state index is -0.927. The first-order chi connectivity index (χ1) is 8.72. The first-order valence-electron chi connectivity index (χ1n) is 6.17. The maximum absolute atomic E-state index is 12.0. The number of benzene rings is 1. The summed E-state index contributed by atoms with van der Waals surface area (Å²) in [5.41, 5.74) is 6.18. The van der Waals surface area contributed by atoms with E-state index in [1.54, 1.807) is 20.8 Å². The van der Waals surface area contributed by atoms with Crippen LogP contribution in [0.15, 0.2) is 24.3 Å². The second-order valence-corrected chi connectivity index (χ2v) is 5.21. The summed E-state index contributed by atoms with van der Waals surface area (Å²) in [6, 6.07) is 6.98. The van der Waals surface area contributed by atoms with Gasteiger partial charge in [0, 0.05) is 5.69 Å². The minimum Gasteiger partial charge on any atom is -0.368 e. The van der Waals surface area contributed by atoms with Crippen molar-refractivity contribution in [1.82, 2.24) is 5.32 Å². The maximum atomic E-state index is 12.0. The molecule has 0 saturated heterocycles. The first-order valence-corrected chi connectivity index (χ1v) is 6.17. The molecule has 5 nitrogen and oxygen atoms in total. The fraction of sp³-hybridized carbons (Fsp3) is 0.429. The van der Waals surface area contributed by atoms with Crippen molar-refractivity contribution < 1.29 is 9.59 Å². The molecule has 0 aliphatic heterocycles. The van der Waals surface area contributed by atoms with Gasteiger partial charge in [-0.15, -0.1) is 0 Å². The molecule has 0 radical (unpaired) electrons. The Morgan fingerprint density at radius 1 is 1.21 bits per heavy atom. The Kier molecular flexibility index (Phi) is 4.67. The molecular weight excluding hydrogens is 242 g/mol. The van der Waals surface area contributed by atoms with Gasteiger partial charge in [0.25, 0.3) is 0 Å². The van der Waals surface area contributed by atoms with E-state index in [2.05, 4.69) is 10.6 Å². The molecule has 1 unspecified atom stereocenters. The van der Waals surface area contributed by atoms with E-state index in [0.29, 0.717) is 0 Å². The molecule has 0 aromatic heterocycles. The number of primary amides is 1. The van der Waals surface area contributed by atoms with Crippen molar-refractivity contribution >= 4 is 17.5 Å². The van der Waals surface area contributed by atoms with E-state index < -0.39 is 17.5 Å². The Morgan fingerprint density at radius 3 is 2.21 bits per heavy atom. The molecule has 1 aromatic carbocycles. The summed E-state index contributed by atoms with van der Waals surface area (Å²) in [6.45, 7) is 6.95. The first kappa shape index (κ1) is 15.2. The van der Waals surface area contributed by atoms with Crippen LogP contribution in [0.4, 0.5) is 5.69 Å². The van der Waals surface area contributed by atoms with Crippen LogP contribution in [0.2, 0.25) is 0 Å². The van der Waals surface area contributed by atoms with Gasteiger partial charge >= 0.3 is 0 Å². The molecule has 0 saturated carbocycles. The van der Waals surface area contributed by atoms with E-state index >= 15 is 0 Å². The minimum absolute atomic E-state index is 0.210. The van der Waals surface area contributed by atoms with Gasteiger partial charge in [-0.05, 0) is 39.8 Å². The molecule has 1 atom stereocenters. The lowest BCUT2D eigenvalue weighted by molar-refractivity contribution is -0.124. The Balaban J connectivity index is 2.63. The van der Waals surface area contributed by atoms with Crippen molar-refractivity contribution in [2.75, 3.05) is 5.32 Å². The standard InChI is InChI=1S/C14H21N3O2/c1-9-5-7-11(8-6-9)16-12(18)10(2)17-14(3,4)13(15)19/h5-8,10,17H,1-4H3,(H2,15,19)(H,16,18). The quantitative estimate of drug-likeness (QED) is 0.745. The van der Waals surface area contributed by atoms with Gasteiger partial charge in [0.05, 0.1) is 11.6 Å². The number of rotatable bonds is 5. The van der Waals surface area contributed by atoms with Crippen LogP contribution in [0.3, 0.4) is 0 Å². The number of carbonyl (C=O) groups is 2. The number of anilines is 1. The number of nitrogens with two attached hydrogens (primary N) is 1. The Labute approximate surface area is 113 Å². The predicted molar refractivity (Wildman–Crippen MR) is 75.7 cm³/mol. The van der Waals surface area contributed by atoms with Gasteiger partial charge < -0.3 is 11.1 Å². The van der Waals surface area contributed by atoms with Gasteiger partial charge in [0.15, 0.2) is 0 Å². The highest BCUT2D eigenvalue weighted by atomic mass is 16.2. The molecule has 0 spiro atoms. The van der Waals surface area contributed by atoms with Crippen molar-refractivity contribution in [2.45, 2.75) is 39.3 Å². The Morgan fingerprint density at radius 2 is 1.74 bits per heavy atom. The van der Waals surface area contributed by atoms with Crippen molar-refractivity contribution in [3.63, 3.8) is 0 Å². The van der Waals surface area contributed by atoms with Gasteiger partial charge in [-0.2, -0.15) is 0 Å². The number of aryl methyl sites for hydroxylation is 1. The zero-order chi connectivity index (χ0) is 14.6. The van der Waals surface area contributed by atoms with Crippen LogP contribution in [0.5, 0.6) is 0 Å². The highest BCUT2D eigenvalue weighted by Crippen LogP contribution is 2.10. The third-order valence-corrected chi connectivity index (χ3v) is 2.91.